The van der Waals surface area contributed by atoms with Gasteiger partial charge < -0.3 is 9.15 Å². The third-order valence-electron chi connectivity index (χ3n) is 3.53. The number of carbonyl (C=O) groups is 1. The summed E-state index contributed by atoms with van der Waals surface area (Å²) in [6.07, 6.45) is 3.00. The maximum atomic E-state index is 11.7. The van der Waals surface area contributed by atoms with E-state index in [0.29, 0.717) is 6.61 Å². The van der Waals surface area contributed by atoms with Crippen molar-refractivity contribution in [1.82, 2.24) is 5.43 Å². The van der Waals surface area contributed by atoms with E-state index in [-0.39, 0.29) is 11.7 Å². The van der Waals surface area contributed by atoms with Crippen molar-refractivity contribution in [2.45, 2.75) is 13.5 Å². The summed E-state index contributed by atoms with van der Waals surface area (Å²) >= 11 is 0. The molecule has 5 heteroatoms. The van der Waals surface area contributed by atoms with Gasteiger partial charge in [-0.2, -0.15) is 5.10 Å². The van der Waals surface area contributed by atoms with Crippen molar-refractivity contribution in [3.05, 3.63) is 89.4 Å². The van der Waals surface area contributed by atoms with Gasteiger partial charge in [-0.05, 0) is 54.4 Å². The molecule has 126 valence electrons. The van der Waals surface area contributed by atoms with Crippen molar-refractivity contribution in [3.8, 4) is 5.75 Å². The molecule has 0 atom stereocenters. The molecule has 1 heterocycles. The number of aryl methyl sites for hydroxylation is 1. The number of carbonyl (C=O) groups excluding carboxylic acids is 1. The van der Waals surface area contributed by atoms with E-state index in [1.807, 2.05) is 24.3 Å². The van der Waals surface area contributed by atoms with Crippen LogP contribution in [0.1, 0.15) is 27.2 Å². The molecule has 0 fully saturated rings. The second kappa shape index (κ2) is 7.97. The fraction of sp³-hybridized carbons (Fsp3) is 0.100. The van der Waals surface area contributed by atoms with E-state index >= 15 is 0 Å². The quantitative estimate of drug-likeness (QED) is 0.549. The number of hydrogen-bond acceptors (Lipinski definition) is 4. The van der Waals surface area contributed by atoms with Crippen molar-refractivity contribution in [1.29, 1.82) is 0 Å². The number of hydrazone groups is 1. The first-order valence-corrected chi connectivity index (χ1v) is 7.86. The molecule has 0 aliphatic rings. The van der Waals surface area contributed by atoms with E-state index in [1.54, 1.807) is 18.3 Å². The van der Waals surface area contributed by atoms with E-state index < -0.39 is 0 Å². The lowest BCUT2D eigenvalue weighted by Crippen LogP contribution is -2.16. The van der Waals surface area contributed by atoms with Crippen LogP contribution in [-0.2, 0) is 6.61 Å². The monoisotopic (exact) mass is 334 g/mol. The molecule has 1 amide bonds. The van der Waals surface area contributed by atoms with E-state index in [0.717, 1.165) is 16.9 Å². The lowest BCUT2D eigenvalue weighted by molar-refractivity contribution is 0.0927. The summed E-state index contributed by atoms with van der Waals surface area (Å²) in [6.45, 7) is 2.58. The maximum Gasteiger partial charge on any atom is 0.307 e. The van der Waals surface area contributed by atoms with Crippen LogP contribution in [0.3, 0.4) is 0 Å². The van der Waals surface area contributed by atoms with Gasteiger partial charge in [0.1, 0.15) is 12.4 Å². The van der Waals surface area contributed by atoms with E-state index in [4.69, 9.17) is 9.15 Å². The minimum Gasteiger partial charge on any atom is -0.489 e. The van der Waals surface area contributed by atoms with E-state index in [1.165, 1.54) is 11.8 Å². The topological polar surface area (TPSA) is 63.8 Å². The number of rotatable bonds is 6. The smallest absolute Gasteiger partial charge is 0.307 e. The van der Waals surface area contributed by atoms with Crippen molar-refractivity contribution < 1.29 is 13.9 Å². The molecule has 0 radical (unpaired) electrons. The molecule has 0 unspecified atom stereocenters. The van der Waals surface area contributed by atoms with Crippen molar-refractivity contribution in [3.63, 3.8) is 0 Å². The lowest BCUT2D eigenvalue weighted by atomic mass is 10.2. The fourth-order valence-electron chi connectivity index (χ4n) is 2.13. The predicted octanol–water partition coefficient (Wildman–Crippen LogP) is 3.93. The second-order valence-electron chi connectivity index (χ2n) is 5.52. The predicted molar refractivity (Wildman–Crippen MR) is 95.7 cm³/mol. The molecular weight excluding hydrogens is 316 g/mol. The summed E-state index contributed by atoms with van der Waals surface area (Å²) in [5, 5.41) is 3.90. The van der Waals surface area contributed by atoms with Crippen molar-refractivity contribution in [2.24, 2.45) is 5.10 Å². The van der Waals surface area contributed by atoms with E-state index in [2.05, 4.69) is 41.7 Å². The molecule has 0 saturated heterocycles. The van der Waals surface area contributed by atoms with Gasteiger partial charge in [-0.15, -0.1) is 0 Å². The van der Waals surface area contributed by atoms with Crippen LogP contribution in [0.15, 0.2) is 76.4 Å². The summed E-state index contributed by atoms with van der Waals surface area (Å²) in [5.41, 5.74) is 5.60. The molecule has 3 aromatic rings. The number of furan rings is 1. The molecule has 1 N–H and O–H groups in total. The molecule has 25 heavy (non-hydrogen) atoms. The van der Waals surface area contributed by atoms with Gasteiger partial charge in [-0.25, -0.2) is 5.43 Å². The number of nitrogens with one attached hydrogen (secondary N) is 1. The molecule has 2 aromatic carbocycles. The van der Waals surface area contributed by atoms with Crippen LogP contribution in [0.4, 0.5) is 0 Å². The summed E-state index contributed by atoms with van der Waals surface area (Å²) in [7, 11) is 0. The first kappa shape index (κ1) is 16.5. The lowest BCUT2D eigenvalue weighted by Gasteiger charge is -2.06. The Balaban J connectivity index is 1.50. The fourth-order valence-corrected chi connectivity index (χ4v) is 2.13. The number of ether oxygens (including phenoxy) is 1. The van der Waals surface area contributed by atoms with Gasteiger partial charge in [-0.1, -0.05) is 29.8 Å². The zero-order chi connectivity index (χ0) is 17.5. The van der Waals surface area contributed by atoms with Crippen molar-refractivity contribution in [2.75, 3.05) is 0 Å². The molecule has 0 bridgehead atoms. The Kier molecular flexibility index (Phi) is 5.26. The summed E-state index contributed by atoms with van der Waals surface area (Å²) in [5.74, 6) is 0.605. The Morgan fingerprint density at radius 1 is 1.12 bits per heavy atom. The molecule has 0 saturated carbocycles. The number of hydrogen-bond donors (Lipinski definition) is 1. The largest absolute Gasteiger partial charge is 0.489 e. The first-order chi connectivity index (χ1) is 12.2. The number of benzene rings is 2. The van der Waals surface area contributed by atoms with Crippen LogP contribution in [0.25, 0.3) is 0 Å². The minimum absolute atomic E-state index is 0.219. The average molecular weight is 334 g/mol. The Morgan fingerprint density at radius 2 is 1.88 bits per heavy atom. The third kappa shape index (κ3) is 4.81. The SMILES string of the molecule is Cc1ccc(COc2ccc(/C=N/NC(=O)c3ccco3)cc2)cc1. The van der Waals surface area contributed by atoms with Crippen molar-refractivity contribution >= 4 is 12.1 Å². The van der Waals surface area contributed by atoms with Gasteiger partial charge in [0.15, 0.2) is 5.76 Å². The van der Waals surface area contributed by atoms with E-state index in [9.17, 15) is 4.79 Å². The Morgan fingerprint density at radius 3 is 2.56 bits per heavy atom. The number of amides is 1. The van der Waals surface area contributed by atoms with Crippen LogP contribution in [0.5, 0.6) is 5.75 Å². The zero-order valence-electron chi connectivity index (χ0n) is 13.8. The van der Waals surface area contributed by atoms with Crippen LogP contribution in [0.2, 0.25) is 0 Å². The Bertz CT molecular complexity index is 836. The molecule has 1 aromatic heterocycles. The molecule has 3 rings (SSSR count). The Labute approximate surface area is 145 Å². The zero-order valence-corrected chi connectivity index (χ0v) is 13.8. The van der Waals surface area contributed by atoms with Gasteiger partial charge in [0.2, 0.25) is 0 Å². The normalized spacial score (nSPS) is 10.8. The standard InChI is InChI=1S/C20H18N2O3/c1-15-4-6-17(7-5-15)14-25-18-10-8-16(9-11-18)13-21-22-20(23)19-3-2-12-24-19/h2-13H,14H2,1H3,(H,22,23)/b21-13+. The highest BCUT2D eigenvalue weighted by atomic mass is 16.5. The summed E-state index contributed by atoms with van der Waals surface area (Å²) in [4.78, 5) is 11.7. The van der Waals surface area contributed by atoms with Gasteiger partial charge in [-0.3, -0.25) is 4.79 Å². The first-order valence-electron chi connectivity index (χ1n) is 7.86. The highest BCUT2D eigenvalue weighted by Crippen LogP contribution is 2.14. The van der Waals surface area contributed by atoms with Crippen LogP contribution in [0, 0.1) is 6.92 Å². The van der Waals surface area contributed by atoms with Crippen LogP contribution >= 0.6 is 0 Å². The average Bonchev–Trinajstić information content (AvgIpc) is 3.17. The molecular formula is C20H18N2O3. The molecule has 0 spiro atoms. The maximum absolute atomic E-state index is 11.7. The van der Waals surface area contributed by atoms with Crippen LogP contribution in [-0.4, -0.2) is 12.1 Å². The minimum atomic E-state index is -0.390. The third-order valence-corrected chi connectivity index (χ3v) is 3.53. The summed E-state index contributed by atoms with van der Waals surface area (Å²) < 4.78 is 10.7. The van der Waals surface area contributed by atoms with Gasteiger partial charge in [0.25, 0.3) is 0 Å². The van der Waals surface area contributed by atoms with Crippen LogP contribution < -0.4 is 10.2 Å². The summed E-state index contributed by atoms with van der Waals surface area (Å²) in [6, 6.07) is 18.9. The van der Waals surface area contributed by atoms with Gasteiger partial charge in [0, 0.05) is 0 Å². The number of nitrogens with zero attached hydrogens (tertiary/aromatic N) is 1. The molecule has 0 aliphatic heterocycles. The highest BCUT2D eigenvalue weighted by Gasteiger charge is 2.05. The van der Waals surface area contributed by atoms with Gasteiger partial charge in [0.05, 0.1) is 12.5 Å². The molecule has 0 aliphatic carbocycles. The molecule has 5 nitrogen and oxygen atoms in total. The Hall–Kier alpha value is -3.34. The second-order valence-corrected chi connectivity index (χ2v) is 5.52. The highest BCUT2D eigenvalue weighted by molar-refractivity contribution is 5.92. The van der Waals surface area contributed by atoms with Gasteiger partial charge >= 0.3 is 5.91 Å².